The molecule has 34 heavy (non-hydrogen) atoms. The highest BCUT2D eigenvalue weighted by atomic mass is 35.5. The van der Waals surface area contributed by atoms with Crippen LogP contribution in [0.15, 0.2) is 71.6 Å². The van der Waals surface area contributed by atoms with Gasteiger partial charge in [0.25, 0.3) is 11.1 Å². The molecule has 0 N–H and O–H groups in total. The summed E-state index contributed by atoms with van der Waals surface area (Å²) in [5, 5.41) is -0.372. The molecular weight excluding hydrogens is 481 g/mol. The van der Waals surface area contributed by atoms with E-state index in [-0.39, 0.29) is 22.0 Å². The lowest BCUT2D eigenvalue weighted by Crippen LogP contribution is -2.28. The molecule has 0 saturated carbocycles. The first-order valence-corrected chi connectivity index (χ1v) is 11.2. The van der Waals surface area contributed by atoms with Gasteiger partial charge in [-0.05, 0) is 71.9 Å². The maximum atomic E-state index is 14.1. The maximum Gasteiger partial charge on any atom is 0.343 e. The van der Waals surface area contributed by atoms with Gasteiger partial charge in [0.2, 0.25) is 0 Å². The highest BCUT2D eigenvalue weighted by molar-refractivity contribution is 8.18. The van der Waals surface area contributed by atoms with Crippen molar-refractivity contribution in [2.24, 2.45) is 0 Å². The Morgan fingerprint density at radius 1 is 1.03 bits per heavy atom. The van der Waals surface area contributed by atoms with Gasteiger partial charge in [0.05, 0.1) is 24.1 Å². The van der Waals surface area contributed by atoms with Crippen molar-refractivity contribution in [2.45, 2.75) is 6.54 Å². The number of thioether (sulfide) groups is 1. The molecule has 0 atom stereocenters. The van der Waals surface area contributed by atoms with E-state index in [2.05, 4.69) is 0 Å². The van der Waals surface area contributed by atoms with Crippen molar-refractivity contribution in [3.8, 4) is 11.5 Å². The van der Waals surface area contributed by atoms with Crippen molar-refractivity contribution in [3.05, 3.63) is 99.2 Å². The molecule has 3 aromatic carbocycles. The SMILES string of the molecule is COc1ccc(C(=O)Oc2ccc(/C=C3\SC(=O)N(Cc4c(F)cccc4Cl)C3=O)cc2)cc1. The van der Waals surface area contributed by atoms with Crippen molar-refractivity contribution >= 4 is 46.6 Å². The smallest absolute Gasteiger partial charge is 0.343 e. The zero-order valence-electron chi connectivity index (χ0n) is 17.8. The average Bonchev–Trinajstić information content (AvgIpc) is 3.09. The van der Waals surface area contributed by atoms with Crippen LogP contribution in [-0.2, 0) is 11.3 Å². The molecular formula is C25H17ClFNO5S. The van der Waals surface area contributed by atoms with E-state index < -0.39 is 22.9 Å². The zero-order valence-corrected chi connectivity index (χ0v) is 19.4. The van der Waals surface area contributed by atoms with Crippen LogP contribution in [0.5, 0.6) is 11.5 Å². The van der Waals surface area contributed by atoms with E-state index in [1.807, 2.05) is 0 Å². The van der Waals surface area contributed by atoms with Gasteiger partial charge in [-0.1, -0.05) is 29.8 Å². The van der Waals surface area contributed by atoms with Gasteiger partial charge >= 0.3 is 5.97 Å². The van der Waals surface area contributed by atoms with Crippen LogP contribution in [-0.4, -0.2) is 29.1 Å². The largest absolute Gasteiger partial charge is 0.497 e. The predicted molar refractivity (Wildman–Crippen MR) is 127 cm³/mol. The van der Waals surface area contributed by atoms with Crippen LogP contribution < -0.4 is 9.47 Å². The lowest BCUT2D eigenvalue weighted by atomic mass is 10.2. The Labute approximate surface area is 203 Å². The number of carbonyl (C=O) groups excluding carboxylic acids is 3. The number of halogens is 2. The number of nitrogens with zero attached hydrogens (tertiary/aromatic N) is 1. The third kappa shape index (κ3) is 5.13. The predicted octanol–water partition coefficient (Wildman–Crippen LogP) is 5.94. The Morgan fingerprint density at radius 3 is 2.35 bits per heavy atom. The molecule has 1 fully saturated rings. The molecule has 1 aliphatic rings. The number of imide groups is 1. The monoisotopic (exact) mass is 497 g/mol. The van der Waals surface area contributed by atoms with Crippen LogP contribution in [0.4, 0.5) is 9.18 Å². The number of methoxy groups -OCH3 is 1. The minimum Gasteiger partial charge on any atom is -0.497 e. The second-order valence-corrected chi connectivity index (χ2v) is 8.56. The number of hydrogen-bond donors (Lipinski definition) is 0. The van der Waals surface area contributed by atoms with E-state index in [4.69, 9.17) is 21.1 Å². The summed E-state index contributed by atoms with van der Waals surface area (Å²) in [5.74, 6) is -0.703. The highest BCUT2D eigenvalue weighted by Gasteiger charge is 2.35. The van der Waals surface area contributed by atoms with Crippen LogP contribution in [0.3, 0.4) is 0 Å². The summed E-state index contributed by atoms with van der Waals surface area (Å²) in [6.07, 6.45) is 1.54. The fraction of sp³-hybridized carbons (Fsp3) is 0.0800. The second-order valence-electron chi connectivity index (χ2n) is 7.16. The van der Waals surface area contributed by atoms with Crippen LogP contribution in [0, 0.1) is 5.82 Å². The molecule has 0 aliphatic carbocycles. The lowest BCUT2D eigenvalue weighted by molar-refractivity contribution is -0.123. The third-order valence-electron chi connectivity index (χ3n) is 4.97. The van der Waals surface area contributed by atoms with Crippen molar-refractivity contribution in [1.82, 2.24) is 4.90 Å². The quantitative estimate of drug-likeness (QED) is 0.238. The average molecular weight is 498 g/mol. The molecule has 4 rings (SSSR count). The highest BCUT2D eigenvalue weighted by Crippen LogP contribution is 2.34. The Morgan fingerprint density at radius 2 is 1.71 bits per heavy atom. The Balaban J connectivity index is 1.44. The molecule has 2 amide bonds. The fourth-order valence-electron chi connectivity index (χ4n) is 3.15. The molecule has 0 bridgehead atoms. The standard InChI is InChI=1S/C25H17ClFNO5S/c1-32-17-11-7-16(8-12-17)24(30)33-18-9-5-15(6-10-18)13-22-23(29)28(25(31)34-22)14-19-20(26)3-2-4-21(19)27/h2-13H,14H2,1H3/b22-13-. The van der Waals surface area contributed by atoms with Gasteiger partial charge in [-0.25, -0.2) is 9.18 Å². The number of esters is 1. The molecule has 0 unspecified atom stereocenters. The molecule has 9 heteroatoms. The summed E-state index contributed by atoms with van der Waals surface area (Å²) in [6, 6.07) is 17.1. The molecule has 0 aromatic heterocycles. The van der Waals surface area contributed by atoms with Crippen molar-refractivity contribution < 1.29 is 28.2 Å². The number of amides is 2. The van der Waals surface area contributed by atoms with Crippen LogP contribution >= 0.6 is 23.4 Å². The number of benzene rings is 3. The van der Waals surface area contributed by atoms with Crippen molar-refractivity contribution in [2.75, 3.05) is 7.11 Å². The van der Waals surface area contributed by atoms with E-state index in [1.165, 1.54) is 25.3 Å². The van der Waals surface area contributed by atoms with E-state index in [1.54, 1.807) is 54.6 Å². The summed E-state index contributed by atoms with van der Waals surface area (Å²) in [6.45, 7) is -0.256. The number of carbonyl (C=O) groups is 3. The molecule has 1 aliphatic heterocycles. The van der Waals surface area contributed by atoms with E-state index in [0.29, 0.717) is 22.6 Å². The molecule has 0 radical (unpaired) electrons. The second kappa shape index (κ2) is 10.1. The molecule has 172 valence electrons. The van der Waals surface area contributed by atoms with Crippen molar-refractivity contribution in [1.29, 1.82) is 0 Å². The summed E-state index contributed by atoms with van der Waals surface area (Å²) in [7, 11) is 1.54. The normalized spacial score (nSPS) is 14.6. The molecule has 6 nitrogen and oxygen atoms in total. The fourth-order valence-corrected chi connectivity index (χ4v) is 4.22. The first kappa shape index (κ1) is 23.5. The molecule has 1 heterocycles. The Bertz CT molecular complexity index is 1270. The van der Waals surface area contributed by atoms with Gasteiger partial charge in [0, 0.05) is 10.6 Å². The molecule has 3 aromatic rings. The van der Waals surface area contributed by atoms with E-state index in [9.17, 15) is 18.8 Å². The zero-order chi connectivity index (χ0) is 24.2. The van der Waals surface area contributed by atoms with Gasteiger partial charge in [0.1, 0.15) is 17.3 Å². The first-order chi connectivity index (χ1) is 16.4. The summed E-state index contributed by atoms with van der Waals surface area (Å²) < 4.78 is 24.5. The third-order valence-corrected chi connectivity index (χ3v) is 6.23. The first-order valence-electron chi connectivity index (χ1n) is 10.0. The summed E-state index contributed by atoms with van der Waals surface area (Å²) in [4.78, 5) is 38.5. The Hall–Kier alpha value is -3.62. The van der Waals surface area contributed by atoms with Gasteiger partial charge < -0.3 is 9.47 Å². The van der Waals surface area contributed by atoms with Gasteiger partial charge in [-0.3, -0.25) is 14.5 Å². The summed E-state index contributed by atoms with van der Waals surface area (Å²) >= 11 is 6.78. The van der Waals surface area contributed by atoms with Crippen LogP contribution in [0.2, 0.25) is 5.02 Å². The lowest BCUT2D eigenvalue weighted by Gasteiger charge is -2.14. The van der Waals surface area contributed by atoms with Gasteiger partial charge in [-0.2, -0.15) is 0 Å². The summed E-state index contributed by atoms with van der Waals surface area (Å²) in [5.41, 5.74) is 1.07. The molecule has 0 spiro atoms. The van der Waals surface area contributed by atoms with Gasteiger partial charge in [-0.15, -0.1) is 0 Å². The van der Waals surface area contributed by atoms with Crippen molar-refractivity contribution in [3.63, 3.8) is 0 Å². The minimum atomic E-state index is -0.588. The Kier molecular flexibility index (Phi) is 7.00. The van der Waals surface area contributed by atoms with Crippen LogP contribution in [0.25, 0.3) is 6.08 Å². The molecule has 1 saturated heterocycles. The number of rotatable bonds is 6. The topological polar surface area (TPSA) is 72.9 Å². The van der Waals surface area contributed by atoms with Gasteiger partial charge in [0.15, 0.2) is 0 Å². The minimum absolute atomic E-state index is 0.0794. The van der Waals surface area contributed by atoms with E-state index in [0.717, 1.165) is 16.7 Å². The maximum absolute atomic E-state index is 14.1. The number of ether oxygens (including phenoxy) is 2. The van der Waals surface area contributed by atoms with Crippen LogP contribution in [0.1, 0.15) is 21.5 Å². The number of hydrogen-bond acceptors (Lipinski definition) is 6. The van der Waals surface area contributed by atoms with E-state index >= 15 is 0 Å².